The molecule has 0 spiro atoms. The normalized spacial score (nSPS) is 15.0. The highest BCUT2D eigenvalue weighted by Gasteiger charge is 2.23. The first kappa shape index (κ1) is 22.7. The van der Waals surface area contributed by atoms with Crippen molar-refractivity contribution >= 4 is 17.7 Å². The molecule has 0 saturated heterocycles. The fourth-order valence-electron chi connectivity index (χ4n) is 4.21. The van der Waals surface area contributed by atoms with Crippen molar-refractivity contribution < 1.29 is 0 Å². The Morgan fingerprint density at radius 2 is 1.90 bits per heavy atom. The van der Waals surface area contributed by atoms with Gasteiger partial charge in [0.2, 0.25) is 0 Å². The fourth-order valence-corrected chi connectivity index (χ4v) is 4.78. The lowest BCUT2D eigenvalue weighted by Gasteiger charge is -2.22. The molecule has 0 radical (unpaired) electrons. The van der Waals surface area contributed by atoms with Gasteiger partial charge in [0.25, 0.3) is 0 Å². The van der Waals surface area contributed by atoms with Crippen molar-refractivity contribution in [3.63, 3.8) is 0 Å². The number of hydrogen-bond donors (Lipinski definition) is 1. The number of guanidine groups is 1. The lowest BCUT2D eigenvalue weighted by Crippen LogP contribution is -2.39. The summed E-state index contributed by atoms with van der Waals surface area (Å²) in [5, 5.41) is 13.5. The molecule has 6 nitrogen and oxygen atoms in total. The van der Waals surface area contributed by atoms with Crippen LogP contribution in [0.3, 0.4) is 0 Å². The van der Waals surface area contributed by atoms with Crippen LogP contribution in [0.5, 0.6) is 0 Å². The first-order valence-corrected chi connectivity index (χ1v) is 12.4. The summed E-state index contributed by atoms with van der Waals surface area (Å²) in [4.78, 5) is 6.63. The minimum absolute atomic E-state index is 0.586. The largest absolute Gasteiger partial charge is 0.356 e. The lowest BCUT2D eigenvalue weighted by molar-refractivity contribution is 0.457. The highest BCUT2D eigenvalue weighted by Crippen LogP contribution is 2.33. The minimum atomic E-state index is 0.586. The Morgan fingerprint density at radius 3 is 2.53 bits per heavy atom. The number of benzene rings is 1. The van der Waals surface area contributed by atoms with E-state index in [4.69, 9.17) is 0 Å². The standard InChI is InChI=1S/C23H36N6S/c1-5-18-12-14-19(15-13-18)17-28(3)22(24-2)25-16-8-11-21-26-27-23(30-4)29(21)20-9-6-7-10-20/h12-15,20H,5-11,16-17H2,1-4H3,(H,24,25). The van der Waals surface area contributed by atoms with Gasteiger partial charge in [-0.25, -0.2) is 0 Å². The van der Waals surface area contributed by atoms with Crippen LogP contribution in [0.15, 0.2) is 34.4 Å². The molecule has 0 amide bonds. The van der Waals surface area contributed by atoms with E-state index in [1.807, 2.05) is 7.05 Å². The fraction of sp³-hybridized carbons (Fsp3) is 0.609. The van der Waals surface area contributed by atoms with Gasteiger partial charge in [-0.2, -0.15) is 0 Å². The Labute approximate surface area is 185 Å². The van der Waals surface area contributed by atoms with Crippen LogP contribution in [0.4, 0.5) is 0 Å². The van der Waals surface area contributed by atoms with Gasteiger partial charge in [0.05, 0.1) is 0 Å². The Morgan fingerprint density at radius 1 is 1.20 bits per heavy atom. The van der Waals surface area contributed by atoms with Crippen LogP contribution in [-0.4, -0.2) is 52.5 Å². The minimum Gasteiger partial charge on any atom is -0.356 e. The molecular weight excluding hydrogens is 392 g/mol. The average molecular weight is 429 g/mol. The van der Waals surface area contributed by atoms with Crippen LogP contribution in [0.2, 0.25) is 0 Å². The molecule has 1 aliphatic rings. The van der Waals surface area contributed by atoms with Crippen molar-refractivity contribution in [3.05, 3.63) is 41.2 Å². The molecule has 0 aliphatic heterocycles. The van der Waals surface area contributed by atoms with E-state index in [9.17, 15) is 0 Å². The topological polar surface area (TPSA) is 58.3 Å². The zero-order valence-corrected chi connectivity index (χ0v) is 19.7. The first-order chi connectivity index (χ1) is 14.7. The van der Waals surface area contributed by atoms with Gasteiger partial charge in [-0.3, -0.25) is 4.99 Å². The second-order valence-corrected chi connectivity index (χ2v) is 8.79. The molecule has 0 atom stereocenters. The van der Waals surface area contributed by atoms with Gasteiger partial charge in [0.15, 0.2) is 11.1 Å². The summed E-state index contributed by atoms with van der Waals surface area (Å²) < 4.78 is 2.40. The third kappa shape index (κ3) is 5.78. The number of aliphatic imine (C=N–C) groups is 1. The van der Waals surface area contributed by atoms with Crippen molar-refractivity contribution in [1.29, 1.82) is 0 Å². The summed E-state index contributed by atoms with van der Waals surface area (Å²) in [7, 11) is 3.94. The molecule has 1 saturated carbocycles. The van der Waals surface area contributed by atoms with E-state index in [0.29, 0.717) is 6.04 Å². The van der Waals surface area contributed by atoms with Crippen molar-refractivity contribution in [1.82, 2.24) is 25.0 Å². The van der Waals surface area contributed by atoms with Gasteiger partial charge in [-0.15, -0.1) is 10.2 Å². The van der Waals surface area contributed by atoms with E-state index in [2.05, 4.69) is 74.5 Å². The average Bonchev–Trinajstić information content (AvgIpc) is 3.43. The molecule has 1 aliphatic carbocycles. The van der Waals surface area contributed by atoms with Gasteiger partial charge in [-0.1, -0.05) is 55.8 Å². The molecule has 2 aromatic rings. The zero-order chi connectivity index (χ0) is 21.3. The SMILES string of the molecule is CCc1ccc(CN(C)C(=NC)NCCCc2nnc(SC)n2C2CCCC2)cc1. The number of nitrogens with zero attached hydrogens (tertiary/aromatic N) is 5. The zero-order valence-electron chi connectivity index (χ0n) is 18.9. The summed E-state index contributed by atoms with van der Waals surface area (Å²) in [6.07, 6.45) is 10.3. The number of aryl methyl sites for hydroxylation is 2. The predicted octanol–water partition coefficient (Wildman–Crippen LogP) is 4.32. The van der Waals surface area contributed by atoms with Gasteiger partial charge >= 0.3 is 0 Å². The van der Waals surface area contributed by atoms with E-state index in [1.54, 1.807) is 11.8 Å². The quantitative estimate of drug-likeness (QED) is 0.279. The van der Waals surface area contributed by atoms with Crippen LogP contribution in [0.1, 0.15) is 62.0 Å². The van der Waals surface area contributed by atoms with E-state index in [1.165, 1.54) is 36.8 Å². The maximum atomic E-state index is 4.50. The lowest BCUT2D eigenvalue weighted by atomic mass is 10.1. The highest BCUT2D eigenvalue weighted by atomic mass is 32.2. The number of thioether (sulfide) groups is 1. The van der Waals surface area contributed by atoms with Gasteiger partial charge in [-0.05, 0) is 43.1 Å². The molecule has 3 rings (SSSR count). The molecule has 164 valence electrons. The van der Waals surface area contributed by atoms with E-state index in [-0.39, 0.29) is 0 Å². The Kier molecular flexibility index (Phi) is 8.61. The third-order valence-corrected chi connectivity index (χ3v) is 6.54. The Bertz CT molecular complexity index is 808. The Hall–Kier alpha value is -2.02. The number of hydrogen-bond acceptors (Lipinski definition) is 4. The van der Waals surface area contributed by atoms with Crippen molar-refractivity contribution in [2.24, 2.45) is 4.99 Å². The van der Waals surface area contributed by atoms with E-state index < -0.39 is 0 Å². The van der Waals surface area contributed by atoms with E-state index >= 15 is 0 Å². The second kappa shape index (κ2) is 11.4. The smallest absolute Gasteiger partial charge is 0.193 e. The summed E-state index contributed by atoms with van der Waals surface area (Å²) in [5.74, 6) is 2.06. The van der Waals surface area contributed by atoms with Crippen LogP contribution in [0.25, 0.3) is 0 Å². The van der Waals surface area contributed by atoms with Crippen molar-refractivity contribution in [2.75, 3.05) is 26.9 Å². The predicted molar refractivity (Wildman–Crippen MR) is 126 cm³/mol. The molecule has 0 unspecified atom stereocenters. The van der Waals surface area contributed by atoms with Crippen LogP contribution < -0.4 is 5.32 Å². The molecule has 1 aromatic heterocycles. The molecule has 7 heteroatoms. The van der Waals surface area contributed by atoms with Crippen LogP contribution >= 0.6 is 11.8 Å². The highest BCUT2D eigenvalue weighted by molar-refractivity contribution is 7.98. The number of aromatic nitrogens is 3. The van der Waals surface area contributed by atoms with Crippen LogP contribution in [0, 0.1) is 0 Å². The van der Waals surface area contributed by atoms with Gasteiger partial charge < -0.3 is 14.8 Å². The van der Waals surface area contributed by atoms with Crippen LogP contribution in [-0.2, 0) is 19.4 Å². The van der Waals surface area contributed by atoms with Gasteiger partial charge in [0.1, 0.15) is 5.82 Å². The molecule has 30 heavy (non-hydrogen) atoms. The van der Waals surface area contributed by atoms with Crippen molar-refractivity contribution in [3.8, 4) is 0 Å². The molecular formula is C23H36N6S. The van der Waals surface area contributed by atoms with Crippen molar-refractivity contribution in [2.45, 2.75) is 69.6 Å². The summed E-state index contributed by atoms with van der Waals surface area (Å²) in [6.45, 7) is 3.90. The summed E-state index contributed by atoms with van der Waals surface area (Å²) >= 11 is 1.71. The second-order valence-electron chi connectivity index (χ2n) is 8.01. The first-order valence-electron chi connectivity index (χ1n) is 11.1. The summed E-state index contributed by atoms with van der Waals surface area (Å²) in [6, 6.07) is 9.43. The maximum absolute atomic E-state index is 4.50. The Balaban J connectivity index is 1.49. The number of rotatable bonds is 9. The number of nitrogens with one attached hydrogen (secondary N) is 1. The molecule has 1 heterocycles. The molecule has 1 aromatic carbocycles. The van der Waals surface area contributed by atoms with E-state index in [0.717, 1.165) is 49.3 Å². The molecule has 0 bridgehead atoms. The maximum Gasteiger partial charge on any atom is 0.193 e. The molecule has 1 N–H and O–H groups in total. The molecule has 1 fully saturated rings. The monoisotopic (exact) mass is 428 g/mol. The third-order valence-electron chi connectivity index (χ3n) is 5.89. The van der Waals surface area contributed by atoms with Gasteiger partial charge in [0, 0.05) is 39.6 Å². The summed E-state index contributed by atoms with van der Waals surface area (Å²) in [5.41, 5.74) is 2.67.